The first-order valence-corrected chi connectivity index (χ1v) is 11.9. The van der Waals surface area contributed by atoms with Crippen molar-refractivity contribution in [3.05, 3.63) is 33.7 Å². The van der Waals surface area contributed by atoms with Crippen LogP contribution in [0.2, 0.25) is 0 Å². The van der Waals surface area contributed by atoms with Crippen LogP contribution in [0, 0.1) is 5.92 Å². The molecule has 0 bridgehead atoms. The lowest BCUT2D eigenvalue weighted by Crippen LogP contribution is -2.55. The van der Waals surface area contributed by atoms with Gasteiger partial charge in [-0.1, -0.05) is 19.8 Å². The van der Waals surface area contributed by atoms with Crippen molar-refractivity contribution in [3.63, 3.8) is 0 Å². The van der Waals surface area contributed by atoms with Crippen molar-refractivity contribution in [1.29, 1.82) is 0 Å². The number of nitrogens with zero attached hydrogens (tertiary/aromatic N) is 5. The first-order chi connectivity index (χ1) is 15.0. The first-order valence-electron chi connectivity index (χ1n) is 11.0. The number of hydrogen-bond donors (Lipinski definition) is 1. The van der Waals surface area contributed by atoms with Crippen molar-refractivity contribution in [2.24, 2.45) is 5.92 Å². The zero-order valence-corrected chi connectivity index (χ0v) is 18.6. The highest BCUT2D eigenvalue weighted by atomic mass is 32.1. The van der Waals surface area contributed by atoms with Crippen LogP contribution < -0.4 is 10.9 Å². The fraction of sp³-hybridized carbons (Fsp3) is 0.619. The van der Waals surface area contributed by atoms with Crippen LogP contribution in [0.4, 0.5) is 4.79 Å². The van der Waals surface area contributed by atoms with Crippen LogP contribution in [0.15, 0.2) is 22.4 Å². The molecule has 2 saturated heterocycles. The van der Waals surface area contributed by atoms with Gasteiger partial charge in [0, 0.05) is 50.4 Å². The third-order valence-corrected chi connectivity index (χ3v) is 7.81. The van der Waals surface area contributed by atoms with Gasteiger partial charge in [-0.05, 0) is 18.8 Å². The maximum Gasteiger partial charge on any atom is 0.326 e. The molecule has 3 fully saturated rings. The first kappa shape index (κ1) is 20.6. The standard InChI is InChI=1S/C21H28N6O3S/c1-15-4-2-3-5-21(15)18(29)27(19(30)23-21)14-25-8-6-24(7-9-25)13-16-12-17(28)26-10-11-31-20(26)22-16/h10-12,15H,2-9,13-14H2,1H3,(H,23,30)/t15-,21+/m1/s1. The van der Waals surface area contributed by atoms with E-state index < -0.39 is 5.54 Å². The number of fused-ring (bicyclic) bond motifs is 1. The molecule has 1 saturated carbocycles. The molecule has 4 heterocycles. The van der Waals surface area contributed by atoms with Crippen LogP contribution >= 0.6 is 11.3 Å². The topological polar surface area (TPSA) is 90.3 Å². The number of thiazole rings is 1. The summed E-state index contributed by atoms with van der Waals surface area (Å²) in [6, 6.07) is 1.35. The summed E-state index contributed by atoms with van der Waals surface area (Å²) in [7, 11) is 0. The van der Waals surface area contributed by atoms with Gasteiger partial charge in [-0.3, -0.25) is 23.8 Å². The van der Waals surface area contributed by atoms with Crippen molar-refractivity contribution in [1.82, 2.24) is 29.4 Å². The Kier molecular flexibility index (Phi) is 5.31. The Morgan fingerprint density at radius 1 is 1.16 bits per heavy atom. The van der Waals surface area contributed by atoms with E-state index in [2.05, 4.69) is 27.0 Å². The van der Waals surface area contributed by atoms with Gasteiger partial charge < -0.3 is 5.32 Å². The lowest BCUT2D eigenvalue weighted by atomic mass is 9.73. The van der Waals surface area contributed by atoms with Gasteiger partial charge in [-0.15, -0.1) is 11.3 Å². The van der Waals surface area contributed by atoms with Crippen molar-refractivity contribution in [3.8, 4) is 0 Å². The number of carbonyl (C=O) groups is 2. The highest BCUT2D eigenvalue weighted by Gasteiger charge is 2.55. The Morgan fingerprint density at radius 3 is 2.71 bits per heavy atom. The number of urea groups is 1. The summed E-state index contributed by atoms with van der Waals surface area (Å²) in [5.41, 5.74) is 0.0321. The number of hydrogen-bond acceptors (Lipinski definition) is 7. The molecular formula is C21H28N6O3S. The number of amides is 3. The number of imide groups is 1. The lowest BCUT2D eigenvalue weighted by molar-refractivity contribution is -0.136. The molecule has 3 amide bonds. The Balaban J connectivity index is 1.18. The largest absolute Gasteiger partial charge is 0.326 e. The molecule has 2 aliphatic heterocycles. The fourth-order valence-corrected chi connectivity index (χ4v) is 5.85. The van der Waals surface area contributed by atoms with E-state index in [9.17, 15) is 14.4 Å². The second kappa shape index (κ2) is 7.99. The Bertz CT molecular complexity index is 1060. The zero-order chi connectivity index (χ0) is 21.6. The highest BCUT2D eigenvalue weighted by molar-refractivity contribution is 7.15. The number of nitrogens with one attached hydrogen (secondary N) is 1. The van der Waals surface area contributed by atoms with Crippen LogP contribution in [0.5, 0.6) is 0 Å². The molecule has 9 nitrogen and oxygen atoms in total. The second-order valence-corrected chi connectivity index (χ2v) is 9.83. The molecule has 1 aliphatic carbocycles. The van der Waals surface area contributed by atoms with Crippen molar-refractivity contribution in [2.45, 2.75) is 44.7 Å². The summed E-state index contributed by atoms with van der Waals surface area (Å²) in [6.07, 6.45) is 5.57. The lowest BCUT2D eigenvalue weighted by Gasteiger charge is -2.38. The summed E-state index contributed by atoms with van der Waals surface area (Å²) in [4.78, 5) is 49.1. The minimum Gasteiger partial charge on any atom is -0.323 e. The van der Waals surface area contributed by atoms with E-state index in [1.54, 1.807) is 16.7 Å². The highest BCUT2D eigenvalue weighted by Crippen LogP contribution is 2.38. The molecule has 31 heavy (non-hydrogen) atoms. The molecule has 0 aromatic carbocycles. The summed E-state index contributed by atoms with van der Waals surface area (Å²) in [6.45, 7) is 6.18. The van der Waals surface area contributed by atoms with Gasteiger partial charge in [0.2, 0.25) is 0 Å². The average Bonchev–Trinajstić information content (AvgIpc) is 3.31. The Labute approximate surface area is 184 Å². The zero-order valence-electron chi connectivity index (χ0n) is 17.7. The SMILES string of the molecule is C[C@@H]1CCCC[C@]12NC(=O)N(CN1CCN(Cc3cc(=O)n4ccsc4n3)CC1)C2=O. The summed E-state index contributed by atoms with van der Waals surface area (Å²) >= 11 is 1.46. The van der Waals surface area contributed by atoms with Crippen LogP contribution in [0.3, 0.4) is 0 Å². The monoisotopic (exact) mass is 444 g/mol. The number of aromatic nitrogens is 2. The van der Waals surface area contributed by atoms with Crippen LogP contribution in [-0.4, -0.2) is 74.4 Å². The summed E-state index contributed by atoms with van der Waals surface area (Å²) in [5.74, 6) is 0.123. The maximum atomic E-state index is 13.2. The van der Waals surface area contributed by atoms with Crippen molar-refractivity contribution in [2.75, 3.05) is 32.8 Å². The second-order valence-electron chi connectivity index (χ2n) is 8.96. The van der Waals surface area contributed by atoms with E-state index in [4.69, 9.17) is 0 Å². The van der Waals surface area contributed by atoms with E-state index in [-0.39, 0.29) is 23.4 Å². The van der Waals surface area contributed by atoms with Gasteiger partial charge in [-0.25, -0.2) is 14.7 Å². The third kappa shape index (κ3) is 3.66. The molecule has 10 heteroatoms. The molecule has 5 rings (SSSR count). The van der Waals surface area contributed by atoms with Crippen LogP contribution in [0.25, 0.3) is 4.96 Å². The molecule has 0 unspecified atom stereocenters. The van der Waals surface area contributed by atoms with Gasteiger partial charge in [0.1, 0.15) is 5.54 Å². The molecule has 1 spiro atoms. The molecule has 3 aliphatic rings. The smallest absolute Gasteiger partial charge is 0.323 e. The van der Waals surface area contributed by atoms with E-state index in [1.807, 2.05) is 5.38 Å². The molecule has 2 aromatic heterocycles. The minimum absolute atomic E-state index is 0.0516. The normalized spacial score (nSPS) is 28.0. The molecule has 166 valence electrons. The van der Waals surface area contributed by atoms with Gasteiger partial charge in [0.25, 0.3) is 11.5 Å². The van der Waals surface area contributed by atoms with E-state index in [0.29, 0.717) is 18.2 Å². The number of piperazine rings is 1. The predicted molar refractivity (Wildman–Crippen MR) is 117 cm³/mol. The summed E-state index contributed by atoms with van der Waals surface area (Å²) < 4.78 is 1.56. The van der Waals surface area contributed by atoms with Gasteiger partial charge in [0.15, 0.2) is 4.96 Å². The minimum atomic E-state index is -0.697. The van der Waals surface area contributed by atoms with Crippen LogP contribution in [0.1, 0.15) is 38.3 Å². The van der Waals surface area contributed by atoms with Gasteiger partial charge in [-0.2, -0.15) is 0 Å². The van der Waals surface area contributed by atoms with Gasteiger partial charge in [0.05, 0.1) is 12.4 Å². The molecule has 2 atom stereocenters. The fourth-order valence-electron chi connectivity index (χ4n) is 5.11. The van der Waals surface area contributed by atoms with Crippen molar-refractivity contribution >= 4 is 28.2 Å². The van der Waals surface area contributed by atoms with E-state index in [1.165, 1.54) is 16.2 Å². The molecule has 2 aromatic rings. The quantitative estimate of drug-likeness (QED) is 0.716. The Morgan fingerprint density at radius 2 is 1.94 bits per heavy atom. The van der Waals surface area contributed by atoms with Crippen LogP contribution in [-0.2, 0) is 11.3 Å². The van der Waals surface area contributed by atoms with Gasteiger partial charge >= 0.3 is 6.03 Å². The van der Waals surface area contributed by atoms with E-state index in [0.717, 1.165) is 57.6 Å². The third-order valence-electron chi connectivity index (χ3n) is 7.05. The predicted octanol–water partition coefficient (Wildman–Crippen LogP) is 1.33. The average molecular weight is 445 g/mol. The molecule has 0 radical (unpaired) electrons. The number of carbonyl (C=O) groups excluding carboxylic acids is 2. The van der Waals surface area contributed by atoms with Crippen molar-refractivity contribution < 1.29 is 9.59 Å². The van der Waals surface area contributed by atoms with E-state index >= 15 is 0 Å². The maximum absolute atomic E-state index is 13.2. The molecular weight excluding hydrogens is 416 g/mol. The number of rotatable bonds is 4. The molecule has 1 N–H and O–H groups in total. The summed E-state index contributed by atoms with van der Waals surface area (Å²) in [5, 5.41) is 4.89. The Hall–Kier alpha value is -2.30.